The first kappa shape index (κ1) is 17.8. The second kappa shape index (κ2) is 6.33. The number of hydrogen-bond donors (Lipinski definition) is 3. The van der Waals surface area contributed by atoms with Gasteiger partial charge < -0.3 is 16.6 Å². The molecule has 0 spiro atoms. The van der Waals surface area contributed by atoms with Crippen molar-refractivity contribution in [2.45, 2.75) is 23.1 Å². The van der Waals surface area contributed by atoms with E-state index < -0.39 is 20.7 Å². The Morgan fingerprint density at radius 2 is 2.00 bits per heavy atom. The summed E-state index contributed by atoms with van der Waals surface area (Å²) in [5.74, 6) is -1.60. The molecule has 0 heterocycles. The highest BCUT2D eigenvalue weighted by atomic mass is 35.5. The number of benzene rings is 1. The van der Waals surface area contributed by atoms with E-state index >= 15 is 0 Å². The molecule has 5 N–H and O–H groups in total. The molecule has 1 rings (SSSR count). The Kier molecular flexibility index (Phi) is 5.95. The van der Waals surface area contributed by atoms with Crippen molar-refractivity contribution < 1.29 is 18.3 Å². The summed E-state index contributed by atoms with van der Waals surface area (Å²) in [6, 6.07) is 5.95. The molecule has 8 heteroatoms. The topological polar surface area (TPSA) is 123 Å². The molecule has 0 fully saturated rings. The van der Waals surface area contributed by atoms with Crippen molar-refractivity contribution in [2.24, 2.45) is 11.5 Å². The van der Waals surface area contributed by atoms with E-state index in [1.807, 2.05) is 0 Å². The second-order valence-electron chi connectivity index (χ2n) is 4.05. The van der Waals surface area contributed by atoms with Gasteiger partial charge in [0.05, 0.1) is 4.90 Å². The van der Waals surface area contributed by atoms with Crippen LogP contribution in [0.3, 0.4) is 0 Å². The summed E-state index contributed by atoms with van der Waals surface area (Å²) in [5.41, 5.74) is 11.5. The number of aryl methyl sites for hydroxylation is 1. The van der Waals surface area contributed by atoms with Gasteiger partial charge in [-0.25, -0.2) is 13.2 Å². The molecule has 0 amide bonds. The molecule has 19 heavy (non-hydrogen) atoms. The summed E-state index contributed by atoms with van der Waals surface area (Å²) in [4.78, 5) is 8.65. The lowest BCUT2D eigenvalue weighted by Crippen LogP contribution is -2.55. The van der Waals surface area contributed by atoms with Crippen LogP contribution in [0.15, 0.2) is 29.2 Å². The number of nitrogens with two attached hydrogens (primary N) is 2. The zero-order valence-electron chi connectivity index (χ0n) is 10.4. The van der Waals surface area contributed by atoms with E-state index in [2.05, 4.69) is 0 Å². The lowest BCUT2D eigenvalue weighted by molar-refractivity contribution is -0.140. The van der Waals surface area contributed by atoms with Crippen LogP contribution in [0.25, 0.3) is 0 Å². The van der Waals surface area contributed by atoms with E-state index in [0.29, 0.717) is 5.56 Å². The normalized spacial score (nSPS) is 14.3. The fourth-order valence-corrected chi connectivity index (χ4v) is 3.20. The minimum absolute atomic E-state index is 0. The average molecular weight is 309 g/mol. The zero-order chi connectivity index (χ0) is 14.0. The lowest BCUT2D eigenvalue weighted by Gasteiger charge is -2.24. The van der Waals surface area contributed by atoms with Crippen molar-refractivity contribution in [2.75, 3.05) is 6.54 Å². The van der Waals surface area contributed by atoms with E-state index in [-0.39, 0.29) is 30.3 Å². The third-order valence-electron chi connectivity index (χ3n) is 2.66. The number of carboxylic acids is 1. The molecular formula is C11H17ClN2O4S. The summed E-state index contributed by atoms with van der Waals surface area (Å²) < 4.78 is 24.6. The second-order valence-corrected chi connectivity index (χ2v) is 6.26. The molecule has 0 radical (unpaired) electrons. The highest BCUT2D eigenvalue weighted by molar-refractivity contribution is 7.93. The third-order valence-corrected chi connectivity index (χ3v) is 4.87. The van der Waals surface area contributed by atoms with Gasteiger partial charge >= 0.3 is 5.97 Å². The molecule has 1 aromatic carbocycles. The fourth-order valence-electron chi connectivity index (χ4n) is 1.56. The van der Waals surface area contributed by atoms with Gasteiger partial charge in [0.2, 0.25) is 14.7 Å². The van der Waals surface area contributed by atoms with Crippen LogP contribution < -0.4 is 11.5 Å². The first-order chi connectivity index (χ1) is 8.25. The van der Waals surface area contributed by atoms with Crippen LogP contribution in [0.2, 0.25) is 0 Å². The Labute approximate surface area is 118 Å². The Hall–Kier alpha value is -1.15. The van der Waals surface area contributed by atoms with Crippen molar-refractivity contribution in [1.82, 2.24) is 0 Å². The van der Waals surface area contributed by atoms with Crippen LogP contribution in [0.4, 0.5) is 0 Å². The molecule has 6 nitrogen and oxygen atoms in total. The van der Waals surface area contributed by atoms with Gasteiger partial charge in [0.1, 0.15) is 0 Å². The predicted molar refractivity (Wildman–Crippen MR) is 73.8 cm³/mol. The van der Waals surface area contributed by atoms with Crippen LogP contribution >= 0.6 is 12.4 Å². The SMILES string of the molecule is Cc1cccc(S(=O)(=O)C(N)(CCN)C(=O)O)c1.Cl. The van der Waals surface area contributed by atoms with Gasteiger partial charge in [0, 0.05) is 6.42 Å². The molecule has 0 aliphatic heterocycles. The number of carboxylic acid groups (broad SMARTS) is 1. The number of rotatable bonds is 5. The van der Waals surface area contributed by atoms with E-state index in [9.17, 15) is 13.2 Å². The summed E-state index contributed by atoms with van der Waals surface area (Å²) in [6.07, 6.45) is -0.349. The Balaban J connectivity index is 0.00000324. The average Bonchev–Trinajstić information content (AvgIpc) is 2.28. The maximum Gasteiger partial charge on any atom is 0.340 e. The van der Waals surface area contributed by atoms with E-state index in [4.69, 9.17) is 16.6 Å². The van der Waals surface area contributed by atoms with Crippen LogP contribution in [0.1, 0.15) is 12.0 Å². The molecule has 0 saturated carbocycles. The van der Waals surface area contributed by atoms with Crippen LogP contribution in [0, 0.1) is 6.92 Å². The number of carbonyl (C=O) groups is 1. The molecule has 0 aliphatic rings. The molecule has 0 saturated heterocycles. The zero-order valence-corrected chi connectivity index (χ0v) is 12.0. The predicted octanol–water partition coefficient (Wildman–Crippen LogP) is 0.279. The summed E-state index contributed by atoms with van der Waals surface area (Å²) in [6.45, 7) is 1.58. The lowest BCUT2D eigenvalue weighted by atomic mass is 10.2. The molecule has 0 aliphatic carbocycles. The fraction of sp³-hybridized carbons (Fsp3) is 0.364. The number of sulfone groups is 1. The highest BCUT2D eigenvalue weighted by Crippen LogP contribution is 2.25. The van der Waals surface area contributed by atoms with Crippen LogP contribution in [-0.4, -0.2) is 30.9 Å². The van der Waals surface area contributed by atoms with Gasteiger partial charge in [0.15, 0.2) is 0 Å². The molecule has 1 aromatic rings. The standard InChI is InChI=1S/C11H16N2O4S.ClH/c1-8-3-2-4-9(7-8)18(16,17)11(13,5-6-12)10(14)15;/h2-4,7H,5-6,12-13H2,1H3,(H,14,15);1H. The highest BCUT2D eigenvalue weighted by Gasteiger charge is 2.47. The minimum Gasteiger partial charge on any atom is -0.479 e. The Morgan fingerprint density at radius 1 is 1.42 bits per heavy atom. The Bertz CT molecular complexity index is 562. The maximum absolute atomic E-state index is 12.3. The van der Waals surface area contributed by atoms with E-state index in [1.54, 1.807) is 13.0 Å². The maximum atomic E-state index is 12.3. The summed E-state index contributed by atoms with van der Waals surface area (Å²) in [7, 11) is -4.19. The number of aliphatic carboxylic acids is 1. The minimum atomic E-state index is -4.19. The summed E-state index contributed by atoms with van der Waals surface area (Å²) in [5, 5.41) is 9.07. The number of hydrogen-bond acceptors (Lipinski definition) is 5. The van der Waals surface area contributed by atoms with Gasteiger partial charge in [-0.15, -0.1) is 12.4 Å². The van der Waals surface area contributed by atoms with Gasteiger partial charge in [-0.2, -0.15) is 0 Å². The number of halogens is 1. The van der Waals surface area contributed by atoms with Crippen molar-refractivity contribution >= 4 is 28.2 Å². The molecule has 108 valence electrons. The first-order valence-electron chi connectivity index (χ1n) is 5.29. The third kappa shape index (κ3) is 3.24. The van der Waals surface area contributed by atoms with Crippen molar-refractivity contribution in [1.29, 1.82) is 0 Å². The first-order valence-corrected chi connectivity index (χ1v) is 6.77. The smallest absolute Gasteiger partial charge is 0.340 e. The van der Waals surface area contributed by atoms with Crippen molar-refractivity contribution in [3.63, 3.8) is 0 Å². The molecule has 1 atom stereocenters. The quantitative estimate of drug-likeness (QED) is 0.717. The van der Waals surface area contributed by atoms with Gasteiger partial charge in [-0.1, -0.05) is 12.1 Å². The van der Waals surface area contributed by atoms with Gasteiger partial charge in [0.25, 0.3) is 0 Å². The van der Waals surface area contributed by atoms with Crippen molar-refractivity contribution in [3.05, 3.63) is 29.8 Å². The van der Waals surface area contributed by atoms with E-state index in [1.165, 1.54) is 18.2 Å². The Morgan fingerprint density at radius 3 is 2.42 bits per heavy atom. The largest absolute Gasteiger partial charge is 0.479 e. The molecular weight excluding hydrogens is 292 g/mol. The molecule has 0 bridgehead atoms. The molecule has 0 aromatic heterocycles. The monoisotopic (exact) mass is 308 g/mol. The van der Waals surface area contributed by atoms with Crippen molar-refractivity contribution in [3.8, 4) is 0 Å². The van der Waals surface area contributed by atoms with Gasteiger partial charge in [-0.05, 0) is 31.2 Å². The van der Waals surface area contributed by atoms with Crippen LogP contribution in [0.5, 0.6) is 0 Å². The van der Waals surface area contributed by atoms with Crippen LogP contribution in [-0.2, 0) is 14.6 Å². The molecule has 1 unspecified atom stereocenters. The van der Waals surface area contributed by atoms with E-state index in [0.717, 1.165) is 0 Å². The van der Waals surface area contributed by atoms with Gasteiger partial charge in [-0.3, -0.25) is 0 Å². The summed E-state index contributed by atoms with van der Waals surface area (Å²) >= 11 is 0.